The second-order valence-electron chi connectivity index (χ2n) is 29.3. The molecule has 9 nitrogen and oxygen atoms in total. The maximum atomic E-state index is 11.5. The topological polar surface area (TPSA) is 97.1 Å². The summed E-state index contributed by atoms with van der Waals surface area (Å²) in [6.45, 7) is 66.7. The van der Waals surface area contributed by atoms with Crippen molar-refractivity contribution in [2.45, 2.75) is 226 Å². The average molecular weight is 1120 g/mol. The normalized spacial score (nSPS) is 18.8. The lowest BCUT2D eigenvalue weighted by Crippen LogP contribution is -2.63. The second-order valence-corrected chi connectivity index (χ2v) is 29.3. The monoisotopic (exact) mass is 1120 g/mol. The number of anilines is 1. The van der Waals surface area contributed by atoms with Crippen molar-refractivity contribution >= 4 is 5.69 Å². The van der Waals surface area contributed by atoms with Gasteiger partial charge < -0.3 is 25.3 Å². The molecule has 0 spiro atoms. The first kappa shape index (κ1) is 72.8. The molecule has 1 aliphatic rings. The highest BCUT2D eigenvalue weighted by Crippen LogP contribution is 2.49. The molecular weight excluding hydrogens is 999 g/mol. The van der Waals surface area contributed by atoms with E-state index < -0.39 is 32.9 Å². The highest BCUT2D eigenvalue weighted by Gasteiger charge is 2.51. The number of benzene rings is 4. The van der Waals surface area contributed by atoms with Crippen LogP contribution in [-0.2, 0) is 16.2 Å². The van der Waals surface area contributed by atoms with Gasteiger partial charge in [-0.05, 0) is 106 Å². The molecule has 4 aromatic rings. The van der Waals surface area contributed by atoms with Crippen LogP contribution >= 0.6 is 0 Å². The van der Waals surface area contributed by atoms with Crippen LogP contribution in [0.4, 0.5) is 5.69 Å². The van der Waals surface area contributed by atoms with E-state index in [0.717, 1.165) is 87.6 Å². The van der Waals surface area contributed by atoms with Crippen molar-refractivity contribution in [3.05, 3.63) is 114 Å². The van der Waals surface area contributed by atoms with Crippen LogP contribution in [0.3, 0.4) is 0 Å². The molecule has 1 heterocycles. The summed E-state index contributed by atoms with van der Waals surface area (Å²) in [5.41, 5.74) is 0.471. The molecule has 1 fully saturated rings. The van der Waals surface area contributed by atoms with E-state index in [-0.39, 0.29) is 27.4 Å². The summed E-state index contributed by atoms with van der Waals surface area (Å²) >= 11 is 0. The number of hydrogen-bond donors (Lipinski definition) is 4. The number of para-hydroxylation sites is 5. The maximum Gasteiger partial charge on any atom is 0.138 e. The van der Waals surface area contributed by atoms with E-state index in [1.807, 2.05) is 114 Å². The third-order valence-corrected chi connectivity index (χ3v) is 19.1. The molecule has 1 aliphatic heterocycles. The molecule has 0 bridgehead atoms. The SMILES string of the molecule is CC.CC.CC.CN(CN1CCN(C(C)(C)C(C)(C)c2ccccc2O)CC(C)(C)CC(C)(C)CN(C(C)(C)C(C)(C)c2ccccc2O)CCN(C(C)(C)C(C)(C)c2ccccc2O)CC(C)(C)CC(C)(C)C1)c1ccccc1O. The average Bonchev–Trinajstić information content (AvgIpc) is 3.41. The zero-order valence-corrected chi connectivity index (χ0v) is 57.0. The molecule has 0 atom stereocenters. The van der Waals surface area contributed by atoms with E-state index in [1.54, 1.807) is 6.07 Å². The third kappa shape index (κ3) is 17.6. The van der Waals surface area contributed by atoms with E-state index in [4.69, 9.17) is 0 Å². The van der Waals surface area contributed by atoms with E-state index in [1.165, 1.54) is 0 Å². The Morgan fingerprint density at radius 2 is 0.617 bits per heavy atom. The first-order valence-electron chi connectivity index (χ1n) is 31.0. The van der Waals surface area contributed by atoms with Crippen LogP contribution in [0, 0.1) is 21.7 Å². The molecule has 0 unspecified atom stereocenters. The molecule has 81 heavy (non-hydrogen) atoms. The van der Waals surface area contributed by atoms with Crippen molar-refractivity contribution in [3.8, 4) is 23.0 Å². The third-order valence-electron chi connectivity index (χ3n) is 19.1. The van der Waals surface area contributed by atoms with Gasteiger partial charge >= 0.3 is 0 Å². The Kier molecular flexibility index (Phi) is 25.7. The van der Waals surface area contributed by atoms with Gasteiger partial charge in [0.05, 0.1) is 12.4 Å². The Morgan fingerprint density at radius 3 is 0.901 bits per heavy atom. The summed E-state index contributed by atoms with van der Waals surface area (Å²) in [4.78, 5) is 13.0. The van der Waals surface area contributed by atoms with Crippen LogP contribution < -0.4 is 4.90 Å². The molecule has 0 aliphatic carbocycles. The van der Waals surface area contributed by atoms with Gasteiger partial charge in [0.1, 0.15) is 23.0 Å². The van der Waals surface area contributed by atoms with Crippen LogP contribution in [0.2, 0.25) is 0 Å². The number of hydrogen-bond acceptors (Lipinski definition) is 9. The molecular formula is C72H123N5O4. The van der Waals surface area contributed by atoms with Crippen molar-refractivity contribution in [2.75, 3.05) is 71.0 Å². The van der Waals surface area contributed by atoms with Crippen LogP contribution in [0.15, 0.2) is 97.1 Å². The van der Waals surface area contributed by atoms with Gasteiger partial charge in [-0.15, -0.1) is 0 Å². The second kappa shape index (κ2) is 28.5. The standard InChI is InChI=1S/C66H105N5O4.3C2H6/c1-57(2)42-58(3,4)46-70(65(17,18)62(11,12)50-31-23-27-35-54(50)73)40-41-71(66(19,20)63(13,14)51-32-24-28-36-55(51)74)47-60(7,8)43-59(5,6)45-69(64(15,16)61(9,10)49-30-22-26-34-53(49)72)39-38-68(44-57)48-67(21)52-33-25-29-37-56(52)75;3*1-2/h22-37,72-75H,38-48H2,1-21H3;3*1-2H3. The van der Waals surface area contributed by atoms with Gasteiger partial charge in [0.25, 0.3) is 0 Å². The Labute approximate surface area is 498 Å². The molecule has 460 valence electrons. The lowest BCUT2D eigenvalue weighted by atomic mass is 9.66. The van der Waals surface area contributed by atoms with Crippen LogP contribution in [0.1, 0.15) is 210 Å². The van der Waals surface area contributed by atoms with Gasteiger partial charge in [0.15, 0.2) is 0 Å². The zero-order chi connectivity index (χ0) is 62.6. The fourth-order valence-electron chi connectivity index (χ4n) is 13.7. The Hall–Kier alpha value is -4.28. The van der Waals surface area contributed by atoms with Crippen LogP contribution in [0.25, 0.3) is 0 Å². The van der Waals surface area contributed by atoms with Gasteiger partial charge in [0, 0.05) is 109 Å². The fourth-order valence-corrected chi connectivity index (χ4v) is 13.7. The van der Waals surface area contributed by atoms with E-state index in [9.17, 15) is 20.4 Å². The summed E-state index contributed by atoms with van der Waals surface area (Å²) < 4.78 is 0. The van der Waals surface area contributed by atoms with Gasteiger partial charge in [0.2, 0.25) is 0 Å². The van der Waals surface area contributed by atoms with Crippen LogP contribution in [0.5, 0.6) is 23.0 Å². The van der Waals surface area contributed by atoms with Crippen molar-refractivity contribution in [2.24, 2.45) is 21.7 Å². The van der Waals surface area contributed by atoms with E-state index >= 15 is 0 Å². The number of aromatic hydroxyl groups is 4. The van der Waals surface area contributed by atoms with E-state index in [2.05, 4.69) is 188 Å². The molecule has 4 N–H and O–H groups in total. The molecule has 0 radical (unpaired) electrons. The summed E-state index contributed by atoms with van der Waals surface area (Å²) in [5.74, 6) is 1.25. The van der Waals surface area contributed by atoms with Gasteiger partial charge in [-0.25, -0.2) is 0 Å². The molecule has 0 saturated carbocycles. The quantitative estimate of drug-likeness (QED) is 0.111. The molecule has 4 aromatic carbocycles. The Balaban J connectivity index is 0.00000361. The van der Waals surface area contributed by atoms with Gasteiger partial charge in [-0.2, -0.15) is 0 Å². The van der Waals surface area contributed by atoms with Gasteiger partial charge in [-0.1, -0.05) is 205 Å². The number of phenols is 4. The number of phenolic OH excluding ortho intramolecular Hbond substituents is 4. The van der Waals surface area contributed by atoms with Crippen molar-refractivity contribution in [1.29, 1.82) is 0 Å². The Bertz CT molecular complexity index is 2520. The Morgan fingerprint density at radius 1 is 0.370 bits per heavy atom. The smallest absolute Gasteiger partial charge is 0.138 e. The lowest BCUT2D eigenvalue weighted by molar-refractivity contribution is -0.0372. The molecule has 0 amide bonds. The highest BCUT2D eigenvalue weighted by atomic mass is 16.3. The van der Waals surface area contributed by atoms with Crippen LogP contribution in [-0.4, -0.2) is 123 Å². The summed E-state index contributed by atoms with van der Waals surface area (Å²) in [6.07, 6.45) is 1.90. The van der Waals surface area contributed by atoms with Gasteiger partial charge in [-0.3, -0.25) is 19.6 Å². The minimum atomic E-state index is -0.450. The summed E-state index contributed by atoms with van der Waals surface area (Å²) in [7, 11) is 2.09. The lowest BCUT2D eigenvalue weighted by Gasteiger charge is -2.56. The fraction of sp³-hybridized carbons (Fsp3) is 0.667. The first-order valence-corrected chi connectivity index (χ1v) is 31.0. The maximum absolute atomic E-state index is 11.5. The predicted octanol–water partition coefficient (Wildman–Crippen LogP) is 17.4. The summed E-state index contributed by atoms with van der Waals surface area (Å²) in [5, 5.41) is 45.6. The predicted molar refractivity (Wildman–Crippen MR) is 352 cm³/mol. The molecule has 5 rings (SSSR count). The molecule has 0 aromatic heterocycles. The number of nitrogens with zero attached hydrogens (tertiary/aromatic N) is 5. The van der Waals surface area contributed by atoms with Crippen molar-refractivity contribution in [3.63, 3.8) is 0 Å². The summed E-state index contributed by atoms with van der Waals surface area (Å²) in [6, 6.07) is 31.3. The minimum absolute atomic E-state index is 0.133. The minimum Gasteiger partial charge on any atom is -0.508 e. The molecule has 9 heteroatoms. The van der Waals surface area contributed by atoms with Crippen molar-refractivity contribution in [1.82, 2.24) is 19.6 Å². The first-order chi connectivity index (χ1) is 37.2. The number of rotatable bonds is 12. The molecule has 1 saturated heterocycles. The largest absolute Gasteiger partial charge is 0.508 e. The van der Waals surface area contributed by atoms with Crippen molar-refractivity contribution < 1.29 is 20.4 Å². The highest BCUT2D eigenvalue weighted by molar-refractivity contribution is 5.57. The zero-order valence-electron chi connectivity index (χ0n) is 57.0. The van der Waals surface area contributed by atoms with E-state index in [0.29, 0.717) is 23.9 Å².